The molecule has 7 heteroatoms. The molecule has 0 unspecified atom stereocenters. The summed E-state index contributed by atoms with van der Waals surface area (Å²) in [5.41, 5.74) is 3.47. The van der Waals surface area contributed by atoms with Gasteiger partial charge in [-0.2, -0.15) is 9.78 Å². The molecular formula is C26H23Br2N3O2. The van der Waals surface area contributed by atoms with Crippen molar-refractivity contribution in [2.75, 3.05) is 0 Å². The molecule has 0 spiro atoms. The van der Waals surface area contributed by atoms with Crippen LogP contribution < -0.4 is 10.3 Å². The first-order valence-corrected chi connectivity index (χ1v) is 12.1. The molecule has 1 aromatic heterocycles. The van der Waals surface area contributed by atoms with Gasteiger partial charge in [0.25, 0.3) is 5.56 Å². The monoisotopic (exact) mass is 567 g/mol. The first-order valence-electron chi connectivity index (χ1n) is 10.6. The Bertz CT molecular complexity index is 1410. The maximum atomic E-state index is 13.3. The van der Waals surface area contributed by atoms with Crippen molar-refractivity contribution in [3.8, 4) is 5.75 Å². The van der Waals surface area contributed by atoms with E-state index in [1.165, 1.54) is 10.2 Å². The Kier molecular flexibility index (Phi) is 7.10. The third kappa shape index (κ3) is 5.42. The van der Waals surface area contributed by atoms with Crippen LogP contribution in [0.25, 0.3) is 10.9 Å². The summed E-state index contributed by atoms with van der Waals surface area (Å²) < 4.78 is 9.19. The molecule has 0 saturated carbocycles. The maximum absolute atomic E-state index is 13.3. The summed E-state index contributed by atoms with van der Waals surface area (Å²) in [6, 6.07) is 19.4. The number of ether oxygens (including phenoxy) is 1. The van der Waals surface area contributed by atoms with E-state index in [4.69, 9.17) is 9.72 Å². The molecular weight excluding hydrogens is 546 g/mol. The fraction of sp³-hybridized carbons (Fsp3) is 0.192. The van der Waals surface area contributed by atoms with Crippen molar-refractivity contribution in [2.24, 2.45) is 5.10 Å². The van der Waals surface area contributed by atoms with Gasteiger partial charge in [0.05, 0.1) is 17.1 Å². The van der Waals surface area contributed by atoms with Gasteiger partial charge in [-0.15, -0.1) is 0 Å². The maximum Gasteiger partial charge on any atom is 0.282 e. The molecule has 168 valence electrons. The third-order valence-corrected chi connectivity index (χ3v) is 6.10. The van der Waals surface area contributed by atoms with Crippen molar-refractivity contribution in [1.82, 2.24) is 9.66 Å². The Hall–Kier alpha value is -2.77. The van der Waals surface area contributed by atoms with Gasteiger partial charge in [-0.3, -0.25) is 4.79 Å². The minimum absolute atomic E-state index is 0.0162. The normalized spacial score (nSPS) is 11.6. The van der Waals surface area contributed by atoms with Crippen LogP contribution >= 0.6 is 31.9 Å². The molecule has 5 nitrogen and oxygen atoms in total. The second-order valence-electron chi connectivity index (χ2n) is 8.11. The van der Waals surface area contributed by atoms with Gasteiger partial charge in [-0.25, -0.2) is 4.98 Å². The lowest BCUT2D eigenvalue weighted by atomic mass is 10.1. The molecule has 0 aliphatic rings. The molecule has 0 aliphatic heterocycles. The lowest BCUT2D eigenvalue weighted by Gasteiger charge is -2.13. The number of hydrogen-bond acceptors (Lipinski definition) is 4. The summed E-state index contributed by atoms with van der Waals surface area (Å²) in [5.74, 6) is 1.30. The fourth-order valence-corrected chi connectivity index (χ4v) is 4.23. The second-order valence-corrected chi connectivity index (χ2v) is 9.94. The average molecular weight is 569 g/mol. The van der Waals surface area contributed by atoms with E-state index in [9.17, 15) is 4.79 Å². The van der Waals surface area contributed by atoms with Crippen LogP contribution in [0.2, 0.25) is 0 Å². The second kappa shape index (κ2) is 10.0. The molecule has 0 amide bonds. The Labute approximate surface area is 209 Å². The number of hydrogen-bond donors (Lipinski definition) is 0. The van der Waals surface area contributed by atoms with E-state index in [1.54, 1.807) is 12.3 Å². The Balaban J connectivity index is 1.73. The van der Waals surface area contributed by atoms with E-state index < -0.39 is 0 Å². The van der Waals surface area contributed by atoms with E-state index in [0.717, 1.165) is 20.1 Å². The van der Waals surface area contributed by atoms with E-state index in [1.807, 2.05) is 56.3 Å². The largest absolute Gasteiger partial charge is 0.488 e. The zero-order chi connectivity index (χ0) is 23.5. The first-order chi connectivity index (χ1) is 15.8. The van der Waals surface area contributed by atoms with E-state index in [-0.39, 0.29) is 11.5 Å². The topological polar surface area (TPSA) is 56.5 Å². The van der Waals surface area contributed by atoms with Crippen molar-refractivity contribution in [3.05, 3.63) is 102 Å². The smallest absolute Gasteiger partial charge is 0.282 e. The molecule has 0 fully saturated rings. The molecule has 0 aliphatic carbocycles. The zero-order valence-corrected chi connectivity index (χ0v) is 21.7. The van der Waals surface area contributed by atoms with Crippen molar-refractivity contribution in [3.63, 3.8) is 0 Å². The van der Waals surface area contributed by atoms with Gasteiger partial charge in [-0.1, -0.05) is 75.5 Å². The van der Waals surface area contributed by atoms with Crippen molar-refractivity contribution in [2.45, 2.75) is 33.3 Å². The van der Waals surface area contributed by atoms with Gasteiger partial charge in [0.2, 0.25) is 0 Å². The van der Waals surface area contributed by atoms with Gasteiger partial charge in [0.15, 0.2) is 0 Å². The molecule has 4 aromatic rings. The number of aryl methyl sites for hydroxylation is 1. The molecule has 1 heterocycles. The summed E-state index contributed by atoms with van der Waals surface area (Å²) in [5, 5.41) is 5.06. The number of aromatic nitrogens is 2. The highest BCUT2D eigenvalue weighted by atomic mass is 79.9. The van der Waals surface area contributed by atoms with Crippen LogP contribution in [-0.2, 0) is 6.61 Å². The van der Waals surface area contributed by atoms with Crippen LogP contribution in [0.1, 0.15) is 42.3 Å². The van der Waals surface area contributed by atoms with Gasteiger partial charge in [0.1, 0.15) is 18.2 Å². The third-order valence-electron chi connectivity index (χ3n) is 5.11. The van der Waals surface area contributed by atoms with Gasteiger partial charge in [-0.05, 0) is 48.9 Å². The van der Waals surface area contributed by atoms with Gasteiger partial charge < -0.3 is 4.74 Å². The number of benzene rings is 3. The highest BCUT2D eigenvalue weighted by Crippen LogP contribution is 2.24. The fourth-order valence-electron chi connectivity index (χ4n) is 3.49. The molecule has 0 N–H and O–H groups in total. The van der Waals surface area contributed by atoms with E-state index in [2.05, 4.69) is 56.0 Å². The van der Waals surface area contributed by atoms with Crippen molar-refractivity contribution < 1.29 is 4.74 Å². The SMILES string of the molecule is Cc1cccc(COc2ccc(Br)cc2C=Nn2c(C(C)C)nc3ccc(Br)cc3c2=O)c1. The standard InChI is InChI=1S/C26H23Br2N3O2/c1-16(2)25-30-23-9-7-21(28)13-22(23)26(32)31(25)29-14-19-12-20(27)8-10-24(19)33-15-18-6-4-5-17(3)11-18/h4-14,16H,15H2,1-3H3. The van der Waals surface area contributed by atoms with E-state index >= 15 is 0 Å². The van der Waals surface area contributed by atoms with Crippen LogP contribution in [0.4, 0.5) is 0 Å². The summed E-state index contributed by atoms with van der Waals surface area (Å²) in [4.78, 5) is 18.0. The Morgan fingerprint density at radius 1 is 1.06 bits per heavy atom. The minimum Gasteiger partial charge on any atom is -0.488 e. The minimum atomic E-state index is -0.210. The Morgan fingerprint density at radius 2 is 1.82 bits per heavy atom. The van der Waals surface area contributed by atoms with Crippen LogP contribution in [0.3, 0.4) is 0 Å². The molecule has 0 bridgehead atoms. The first kappa shape index (κ1) is 23.4. The highest BCUT2D eigenvalue weighted by Gasteiger charge is 2.14. The van der Waals surface area contributed by atoms with Crippen molar-refractivity contribution >= 4 is 49.0 Å². The van der Waals surface area contributed by atoms with Gasteiger partial charge in [0, 0.05) is 20.4 Å². The summed E-state index contributed by atoms with van der Waals surface area (Å²) >= 11 is 6.95. The predicted octanol–water partition coefficient (Wildman–Crippen LogP) is 6.81. The molecule has 33 heavy (non-hydrogen) atoms. The number of halogens is 2. The Morgan fingerprint density at radius 3 is 2.58 bits per heavy atom. The van der Waals surface area contributed by atoms with Crippen LogP contribution in [0.15, 0.2) is 79.5 Å². The molecule has 0 atom stereocenters. The van der Waals surface area contributed by atoms with Crippen LogP contribution in [0, 0.1) is 6.92 Å². The summed E-state index contributed by atoms with van der Waals surface area (Å²) in [7, 11) is 0. The highest BCUT2D eigenvalue weighted by molar-refractivity contribution is 9.10. The number of nitrogens with zero attached hydrogens (tertiary/aromatic N) is 3. The number of fused-ring (bicyclic) bond motifs is 1. The lowest BCUT2D eigenvalue weighted by molar-refractivity contribution is 0.305. The van der Waals surface area contributed by atoms with Crippen LogP contribution in [0.5, 0.6) is 5.75 Å². The molecule has 3 aromatic carbocycles. The zero-order valence-electron chi connectivity index (χ0n) is 18.5. The average Bonchev–Trinajstić information content (AvgIpc) is 2.78. The lowest BCUT2D eigenvalue weighted by Crippen LogP contribution is -2.23. The summed E-state index contributed by atoms with van der Waals surface area (Å²) in [6.07, 6.45) is 1.65. The van der Waals surface area contributed by atoms with Gasteiger partial charge >= 0.3 is 0 Å². The van der Waals surface area contributed by atoms with Crippen molar-refractivity contribution in [1.29, 1.82) is 0 Å². The molecule has 0 radical (unpaired) electrons. The molecule has 4 rings (SSSR count). The predicted molar refractivity (Wildman–Crippen MR) is 140 cm³/mol. The number of rotatable bonds is 6. The van der Waals surface area contributed by atoms with E-state index in [0.29, 0.717) is 29.1 Å². The summed E-state index contributed by atoms with van der Waals surface area (Å²) in [6.45, 7) is 6.48. The van der Waals surface area contributed by atoms with Crippen LogP contribution in [-0.4, -0.2) is 15.9 Å². The quantitative estimate of drug-likeness (QED) is 0.240. The molecule has 0 saturated heterocycles.